The largest absolute Gasteiger partial charge is 0.421 e. The van der Waals surface area contributed by atoms with E-state index in [0.29, 0.717) is 18.3 Å². The molecule has 1 aliphatic heterocycles. The zero-order chi connectivity index (χ0) is 15.1. The number of hydrogen-bond donors (Lipinski definition) is 0. The Kier molecular flexibility index (Phi) is 3.39. The Labute approximate surface area is 132 Å². The maximum absolute atomic E-state index is 12.2. The summed E-state index contributed by atoms with van der Waals surface area (Å²) in [6.07, 6.45) is 2.11. The minimum Gasteiger partial charge on any atom is -0.408 e. The maximum atomic E-state index is 12.2. The molecule has 3 heterocycles. The van der Waals surface area contributed by atoms with Gasteiger partial charge in [-0.25, -0.2) is 4.79 Å². The molecule has 0 unspecified atom stereocenters. The molecular weight excluding hydrogens is 296 g/mol. The zero-order valence-corrected chi connectivity index (χ0v) is 13.3. The molecule has 0 fully saturated rings. The van der Waals surface area contributed by atoms with Gasteiger partial charge in [0.05, 0.1) is 12.2 Å². The first-order valence-corrected chi connectivity index (χ1v) is 8.54. The van der Waals surface area contributed by atoms with Gasteiger partial charge in [-0.1, -0.05) is 19.1 Å². The first-order valence-electron chi connectivity index (χ1n) is 7.66. The van der Waals surface area contributed by atoms with Crippen LogP contribution in [-0.4, -0.2) is 16.0 Å². The monoisotopic (exact) mass is 314 g/mol. The summed E-state index contributed by atoms with van der Waals surface area (Å²) in [6, 6.07) is 10.2. The summed E-state index contributed by atoms with van der Waals surface area (Å²) in [4.78, 5) is 16.1. The molecule has 22 heavy (non-hydrogen) atoms. The van der Waals surface area contributed by atoms with E-state index < -0.39 is 0 Å². The number of aromatic nitrogens is 1. The average Bonchev–Trinajstić information content (AvgIpc) is 3.12. The van der Waals surface area contributed by atoms with Gasteiger partial charge in [-0.3, -0.25) is 9.47 Å². The van der Waals surface area contributed by atoms with Gasteiger partial charge in [0.25, 0.3) is 0 Å². The molecule has 4 nitrogen and oxygen atoms in total. The Bertz CT molecular complexity index is 861. The lowest BCUT2D eigenvalue weighted by Crippen LogP contribution is -2.37. The Morgan fingerprint density at radius 2 is 2.18 bits per heavy atom. The highest BCUT2D eigenvalue weighted by molar-refractivity contribution is 7.10. The Hall–Kier alpha value is -1.85. The lowest BCUT2D eigenvalue weighted by molar-refractivity contribution is 0.136. The summed E-state index contributed by atoms with van der Waals surface area (Å²) in [5.41, 5.74) is 2.96. The van der Waals surface area contributed by atoms with Gasteiger partial charge in [-0.2, -0.15) is 0 Å². The van der Waals surface area contributed by atoms with E-state index in [1.165, 1.54) is 10.4 Å². The van der Waals surface area contributed by atoms with E-state index >= 15 is 0 Å². The van der Waals surface area contributed by atoms with Gasteiger partial charge in [-0.05, 0) is 42.0 Å². The third-order valence-corrected chi connectivity index (χ3v) is 5.49. The maximum Gasteiger partial charge on any atom is 0.421 e. The van der Waals surface area contributed by atoms with Crippen molar-refractivity contribution >= 4 is 22.4 Å². The molecule has 0 aliphatic carbocycles. The Balaban J connectivity index is 1.71. The van der Waals surface area contributed by atoms with Crippen LogP contribution >= 0.6 is 11.3 Å². The third kappa shape index (κ3) is 2.12. The standard InChI is InChI=1S/C17H18N2O2S/c1-2-13-12-8-10-22-16(12)7-9-18(13)11-19-14-5-3-4-6-15(14)21-17(19)20/h3-6,8,10,13H,2,7,9,11H2,1H3/t13-/m0/s1. The Morgan fingerprint density at radius 1 is 1.32 bits per heavy atom. The van der Waals surface area contributed by atoms with Crippen molar-refractivity contribution in [2.24, 2.45) is 0 Å². The molecule has 114 valence electrons. The molecule has 0 saturated carbocycles. The van der Waals surface area contributed by atoms with Crippen LogP contribution in [0.5, 0.6) is 0 Å². The van der Waals surface area contributed by atoms with Crippen molar-refractivity contribution in [1.82, 2.24) is 9.47 Å². The summed E-state index contributed by atoms with van der Waals surface area (Å²) >= 11 is 1.85. The normalized spacial score (nSPS) is 18.7. The van der Waals surface area contributed by atoms with Gasteiger partial charge in [0.1, 0.15) is 0 Å². The van der Waals surface area contributed by atoms with E-state index in [1.54, 1.807) is 4.57 Å². The third-order valence-electron chi connectivity index (χ3n) is 4.49. The summed E-state index contributed by atoms with van der Waals surface area (Å²) in [7, 11) is 0. The molecule has 3 aromatic rings. The van der Waals surface area contributed by atoms with Crippen LogP contribution in [0.3, 0.4) is 0 Å². The van der Waals surface area contributed by atoms with Crippen LogP contribution in [0.15, 0.2) is 44.9 Å². The van der Waals surface area contributed by atoms with E-state index in [1.807, 2.05) is 35.6 Å². The number of fused-ring (bicyclic) bond motifs is 2. The second-order valence-corrected chi connectivity index (χ2v) is 6.69. The van der Waals surface area contributed by atoms with Crippen LogP contribution in [-0.2, 0) is 13.1 Å². The van der Waals surface area contributed by atoms with Crippen molar-refractivity contribution in [2.75, 3.05) is 6.54 Å². The number of benzene rings is 1. The fraction of sp³-hybridized carbons (Fsp3) is 0.353. The minimum absolute atomic E-state index is 0.271. The number of para-hydroxylation sites is 2. The van der Waals surface area contributed by atoms with Crippen LogP contribution in [0.4, 0.5) is 0 Å². The van der Waals surface area contributed by atoms with Crippen molar-refractivity contribution < 1.29 is 4.42 Å². The van der Waals surface area contributed by atoms with Crippen LogP contribution in [0.1, 0.15) is 29.8 Å². The van der Waals surface area contributed by atoms with Gasteiger partial charge in [0.15, 0.2) is 5.58 Å². The van der Waals surface area contributed by atoms with Gasteiger partial charge in [-0.15, -0.1) is 11.3 Å². The molecule has 1 atom stereocenters. The van der Waals surface area contributed by atoms with Crippen molar-refractivity contribution in [1.29, 1.82) is 0 Å². The molecule has 0 N–H and O–H groups in total. The van der Waals surface area contributed by atoms with Gasteiger partial charge >= 0.3 is 5.76 Å². The van der Waals surface area contributed by atoms with Crippen LogP contribution in [0.25, 0.3) is 11.1 Å². The smallest absolute Gasteiger partial charge is 0.408 e. The fourth-order valence-corrected chi connectivity index (χ4v) is 4.35. The lowest BCUT2D eigenvalue weighted by Gasteiger charge is -2.35. The highest BCUT2D eigenvalue weighted by Crippen LogP contribution is 2.35. The predicted octanol–water partition coefficient (Wildman–Crippen LogP) is 3.62. The second kappa shape index (κ2) is 5.41. The number of hydrogen-bond acceptors (Lipinski definition) is 4. The van der Waals surface area contributed by atoms with Gasteiger partial charge < -0.3 is 4.42 Å². The first kappa shape index (κ1) is 13.8. The van der Waals surface area contributed by atoms with Crippen molar-refractivity contribution in [2.45, 2.75) is 32.5 Å². The highest BCUT2D eigenvalue weighted by atomic mass is 32.1. The minimum atomic E-state index is -0.271. The number of thiophene rings is 1. The molecule has 1 aliphatic rings. The molecule has 0 amide bonds. The van der Waals surface area contributed by atoms with E-state index in [9.17, 15) is 4.79 Å². The highest BCUT2D eigenvalue weighted by Gasteiger charge is 2.27. The van der Waals surface area contributed by atoms with Crippen molar-refractivity contribution in [3.8, 4) is 0 Å². The molecule has 5 heteroatoms. The lowest BCUT2D eigenvalue weighted by atomic mass is 9.98. The SMILES string of the molecule is CC[C@H]1c2ccsc2CCN1Cn1c(=O)oc2ccccc21. The second-order valence-electron chi connectivity index (χ2n) is 5.69. The van der Waals surface area contributed by atoms with Crippen molar-refractivity contribution in [3.63, 3.8) is 0 Å². The van der Waals surface area contributed by atoms with Crippen molar-refractivity contribution in [3.05, 3.63) is 56.7 Å². The summed E-state index contributed by atoms with van der Waals surface area (Å²) in [6.45, 7) is 3.78. The zero-order valence-electron chi connectivity index (χ0n) is 12.5. The molecule has 2 aromatic heterocycles. The van der Waals surface area contributed by atoms with Gasteiger partial charge in [0, 0.05) is 17.5 Å². The molecule has 0 radical (unpaired) electrons. The summed E-state index contributed by atoms with van der Waals surface area (Å²) in [5.74, 6) is -0.271. The van der Waals surface area contributed by atoms with Crippen LogP contribution in [0.2, 0.25) is 0 Å². The van der Waals surface area contributed by atoms with E-state index in [2.05, 4.69) is 23.3 Å². The number of rotatable bonds is 3. The molecule has 4 rings (SSSR count). The molecule has 0 bridgehead atoms. The summed E-state index contributed by atoms with van der Waals surface area (Å²) < 4.78 is 7.09. The Morgan fingerprint density at radius 3 is 3.05 bits per heavy atom. The molecule has 0 spiro atoms. The van der Waals surface area contributed by atoms with Crippen LogP contribution in [0, 0.1) is 0 Å². The molecule has 1 aromatic carbocycles. The summed E-state index contributed by atoms with van der Waals surface area (Å²) in [5, 5.41) is 2.18. The number of nitrogens with zero attached hydrogens (tertiary/aromatic N) is 2. The average molecular weight is 314 g/mol. The first-order chi connectivity index (χ1) is 10.8. The van der Waals surface area contributed by atoms with Gasteiger partial charge in [0.2, 0.25) is 0 Å². The van der Waals surface area contributed by atoms with E-state index in [-0.39, 0.29) is 5.76 Å². The fourth-order valence-electron chi connectivity index (χ4n) is 3.43. The van der Waals surface area contributed by atoms with E-state index in [0.717, 1.165) is 24.9 Å². The topological polar surface area (TPSA) is 38.4 Å². The quantitative estimate of drug-likeness (QED) is 0.741. The van der Waals surface area contributed by atoms with Crippen LogP contribution < -0.4 is 5.76 Å². The molecule has 0 saturated heterocycles. The number of oxazole rings is 1. The van der Waals surface area contributed by atoms with E-state index in [4.69, 9.17) is 4.42 Å². The molecular formula is C17H18N2O2S. The predicted molar refractivity (Wildman–Crippen MR) is 88.2 cm³/mol.